The lowest BCUT2D eigenvalue weighted by molar-refractivity contribution is 0.221. The Labute approximate surface area is 182 Å². The van der Waals surface area contributed by atoms with Crippen LogP contribution in [-0.4, -0.2) is 43.2 Å². The van der Waals surface area contributed by atoms with Crippen molar-refractivity contribution in [3.63, 3.8) is 0 Å². The smallest absolute Gasteiger partial charge is 0.173 e. The van der Waals surface area contributed by atoms with Gasteiger partial charge in [-0.3, -0.25) is 9.88 Å². The molecule has 5 rings (SSSR count). The minimum atomic E-state index is 0.0495. The molecule has 0 amide bonds. The normalized spacial score (nSPS) is 16.3. The van der Waals surface area contributed by atoms with Gasteiger partial charge in [-0.2, -0.15) is 0 Å². The molecular weight excluding hydrogens is 384 g/mol. The number of fused-ring (bicyclic) bond motifs is 1. The number of likely N-dealkylation sites (tertiary alicyclic amines) is 1. The third kappa shape index (κ3) is 4.49. The minimum absolute atomic E-state index is 0.0495. The first kappa shape index (κ1) is 19.8. The van der Waals surface area contributed by atoms with Crippen molar-refractivity contribution >= 4 is 10.9 Å². The van der Waals surface area contributed by atoms with Crippen molar-refractivity contribution in [2.45, 2.75) is 44.7 Å². The zero-order chi connectivity index (χ0) is 20.9. The molecule has 4 aromatic rings. The third-order valence-electron chi connectivity index (χ3n) is 6.21. The molecule has 1 aliphatic heterocycles. The van der Waals surface area contributed by atoms with Crippen LogP contribution in [0.1, 0.15) is 48.7 Å². The molecule has 0 aliphatic carbocycles. The molecule has 2 aromatic heterocycles. The Balaban J connectivity index is 1.50. The molecule has 3 heterocycles. The van der Waals surface area contributed by atoms with Crippen molar-refractivity contribution in [1.82, 2.24) is 30.1 Å². The monoisotopic (exact) mass is 412 g/mol. The van der Waals surface area contributed by atoms with E-state index < -0.39 is 0 Å². The Hall–Kier alpha value is -3.12. The maximum absolute atomic E-state index is 4.54. The van der Waals surface area contributed by atoms with Crippen LogP contribution >= 0.6 is 0 Å². The number of rotatable bonds is 6. The molecule has 1 atom stereocenters. The molecule has 0 radical (unpaired) electrons. The Morgan fingerprint density at radius 1 is 0.871 bits per heavy atom. The lowest BCUT2D eigenvalue weighted by Gasteiger charge is -2.30. The van der Waals surface area contributed by atoms with Gasteiger partial charge in [-0.25, -0.2) is 4.68 Å². The molecule has 1 aliphatic rings. The van der Waals surface area contributed by atoms with Crippen molar-refractivity contribution in [2.24, 2.45) is 0 Å². The fourth-order valence-corrected chi connectivity index (χ4v) is 4.59. The number of nitrogens with zero attached hydrogens (tertiary/aromatic N) is 6. The van der Waals surface area contributed by atoms with Gasteiger partial charge in [0, 0.05) is 18.1 Å². The van der Waals surface area contributed by atoms with Crippen molar-refractivity contribution in [1.29, 1.82) is 0 Å². The Kier molecular flexibility index (Phi) is 5.98. The van der Waals surface area contributed by atoms with E-state index in [1.165, 1.54) is 36.8 Å². The summed E-state index contributed by atoms with van der Waals surface area (Å²) in [5, 5.41) is 14.2. The summed E-state index contributed by atoms with van der Waals surface area (Å²) >= 11 is 0. The van der Waals surface area contributed by atoms with E-state index in [-0.39, 0.29) is 6.04 Å². The van der Waals surface area contributed by atoms with E-state index in [2.05, 4.69) is 80.0 Å². The average Bonchev–Trinajstić information content (AvgIpc) is 3.11. The first-order valence-corrected chi connectivity index (χ1v) is 11.3. The van der Waals surface area contributed by atoms with Crippen LogP contribution in [0.2, 0.25) is 0 Å². The number of hydrogen-bond acceptors (Lipinski definition) is 5. The summed E-state index contributed by atoms with van der Waals surface area (Å²) in [6.45, 7) is 2.91. The quantitative estimate of drug-likeness (QED) is 0.469. The summed E-state index contributed by atoms with van der Waals surface area (Å²) in [5.41, 5.74) is 3.55. The molecule has 1 fully saturated rings. The fraction of sp³-hybridized carbons (Fsp3) is 0.360. The molecule has 158 valence electrons. The molecule has 6 nitrogen and oxygen atoms in total. The Bertz CT molecular complexity index is 1120. The summed E-state index contributed by atoms with van der Waals surface area (Å²) < 4.78 is 2.00. The lowest BCUT2D eigenvalue weighted by Crippen LogP contribution is -2.33. The molecule has 1 saturated heterocycles. The second kappa shape index (κ2) is 9.35. The molecule has 2 aromatic carbocycles. The second-order valence-corrected chi connectivity index (χ2v) is 8.30. The highest BCUT2D eigenvalue weighted by molar-refractivity contribution is 5.79. The fourth-order valence-electron chi connectivity index (χ4n) is 4.59. The van der Waals surface area contributed by atoms with Crippen molar-refractivity contribution in [3.05, 3.63) is 83.8 Å². The number of hydrogen-bond donors (Lipinski definition) is 0. The molecular formula is C25H28N6. The molecule has 0 N–H and O–H groups in total. The lowest BCUT2D eigenvalue weighted by atomic mass is 10.0. The predicted octanol–water partition coefficient (Wildman–Crippen LogP) is 4.43. The number of tetrazole rings is 1. The molecule has 6 heteroatoms. The SMILES string of the molecule is c1ccc(CCn2nnnc2C(c2ccc3ncccc3c2)N2CCCCCC2)cc1. The third-order valence-corrected chi connectivity index (χ3v) is 6.21. The van der Waals surface area contributed by atoms with Crippen molar-refractivity contribution < 1.29 is 0 Å². The van der Waals surface area contributed by atoms with Gasteiger partial charge in [0.05, 0.1) is 11.6 Å². The van der Waals surface area contributed by atoms with Gasteiger partial charge in [0.15, 0.2) is 5.82 Å². The Morgan fingerprint density at radius 3 is 2.55 bits per heavy atom. The zero-order valence-corrected chi connectivity index (χ0v) is 17.8. The Morgan fingerprint density at radius 2 is 1.71 bits per heavy atom. The zero-order valence-electron chi connectivity index (χ0n) is 17.8. The maximum Gasteiger partial charge on any atom is 0.173 e. The van der Waals surface area contributed by atoms with E-state index >= 15 is 0 Å². The van der Waals surface area contributed by atoms with Gasteiger partial charge in [0.1, 0.15) is 0 Å². The van der Waals surface area contributed by atoms with Gasteiger partial charge in [0.2, 0.25) is 0 Å². The van der Waals surface area contributed by atoms with Crippen LogP contribution < -0.4 is 0 Å². The minimum Gasteiger partial charge on any atom is -0.290 e. The number of benzene rings is 2. The topological polar surface area (TPSA) is 59.7 Å². The molecule has 1 unspecified atom stereocenters. The van der Waals surface area contributed by atoms with Crippen molar-refractivity contribution in [2.75, 3.05) is 13.1 Å². The van der Waals surface area contributed by atoms with E-state index in [1.54, 1.807) is 0 Å². The van der Waals surface area contributed by atoms with Gasteiger partial charge in [-0.15, -0.1) is 5.10 Å². The summed E-state index contributed by atoms with van der Waals surface area (Å²) in [5.74, 6) is 0.932. The largest absolute Gasteiger partial charge is 0.290 e. The van der Waals surface area contributed by atoms with Crippen LogP contribution in [0.3, 0.4) is 0 Å². The predicted molar refractivity (Wildman–Crippen MR) is 122 cm³/mol. The van der Waals surface area contributed by atoms with Crippen LogP contribution in [-0.2, 0) is 13.0 Å². The van der Waals surface area contributed by atoms with E-state index in [1.807, 2.05) is 16.9 Å². The maximum atomic E-state index is 4.54. The van der Waals surface area contributed by atoms with E-state index in [0.29, 0.717) is 0 Å². The van der Waals surface area contributed by atoms with Crippen LogP contribution in [0.15, 0.2) is 66.9 Å². The van der Waals surface area contributed by atoms with E-state index in [4.69, 9.17) is 0 Å². The van der Waals surface area contributed by atoms with Gasteiger partial charge in [0.25, 0.3) is 0 Å². The number of aromatic nitrogens is 5. The van der Waals surface area contributed by atoms with E-state index in [9.17, 15) is 0 Å². The van der Waals surface area contributed by atoms with Gasteiger partial charge >= 0.3 is 0 Å². The van der Waals surface area contributed by atoms with Crippen LogP contribution in [0.25, 0.3) is 10.9 Å². The highest BCUT2D eigenvalue weighted by Gasteiger charge is 2.28. The standard InChI is InChI=1S/C25H28N6/c1-2-7-17-30(16-6-1)24(22-12-13-23-21(19-22)11-8-15-26-23)25-27-28-29-31(25)18-14-20-9-4-3-5-10-20/h3-5,8-13,15,19,24H,1-2,6-7,14,16-18H2. The van der Waals surface area contributed by atoms with Gasteiger partial charge in [-0.1, -0.05) is 55.3 Å². The molecule has 31 heavy (non-hydrogen) atoms. The first-order chi connectivity index (χ1) is 15.4. The van der Waals surface area contributed by atoms with Crippen molar-refractivity contribution in [3.8, 4) is 0 Å². The van der Waals surface area contributed by atoms with Gasteiger partial charge < -0.3 is 0 Å². The second-order valence-electron chi connectivity index (χ2n) is 8.30. The first-order valence-electron chi connectivity index (χ1n) is 11.3. The van der Waals surface area contributed by atoms with Gasteiger partial charge in [-0.05, 0) is 72.1 Å². The molecule has 0 bridgehead atoms. The summed E-state index contributed by atoms with van der Waals surface area (Å²) in [6.07, 6.45) is 7.79. The van der Waals surface area contributed by atoms with E-state index in [0.717, 1.165) is 42.8 Å². The average molecular weight is 413 g/mol. The number of pyridine rings is 1. The van der Waals surface area contributed by atoms with Crippen LogP contribution in [0.4, 0.5) is 0 Å². The summed E-state index contributed by atoms with van der Waals surface area (Å²) in [4.78, 5) is 7.06. The molecule has 0 saturated carbocycles. The van der Waals surface area contributed by atoms with Crippen LogP contribution in [0, 0.1) is 0 Å². The van der Waals surface area contributed by atoms with Crippen LogP contribution in [0.5, 0.6) is 0 Å². The molecule has 0 spiro atoms. The summed E-state index contributed by atoms with van der Waals surface area (Å²) in [7, 11) is 0. The highest BCUT2D eigenvalue weighted by atomic mass is 15.5. The highest BCUT2D eigenvalue weighted by Crippen LogP contribution is 2.31. The summed E-state index contributed by atoms with van der Waals surface area (Å²) in [6, 6.07) is 21.3. The number of aryl methyl sites for hydroxylation is 2.